The maximum absolute atomic E-state index is 13.6. The normalized spacial score (nSPS) is 21.4. The quantitative estimate of drug-likeness (QED) is 0.452. The molecule has 0 spiro atoms. The van der Waals surface area contributed by atoms with Crippen molar-refractivity contribution < 1.29 is 32.2 Å². The number of nitrogens with zero attached hydrogens (tertiary/aromatic N) is 5. The van der Waals surface area contributed by atoms with E-state index in [9.17, 15) is 18.0 Å². The monoisotopic (exact) mass is 570 g/mol. The van der Waals surface area contributed by atoms with Crippen LogP contribution in [0.25, 0.3) is 11.4 Å². The number of ether oxygens (including phenoxy) is 3. The number of nitrogens with one attached hydrogen (secondary N) is 1. The number of pyridine rings is 1. The predicted octanol–water partition coefficient (Wildman–Crippen LogP) is 5.11. The Labute approximate surface area is 234 Å². The van der Waals surface area contributed by atoms with E-state index in [1.165, 1.54) is 18.3 Å². The summed E-state index contributed by atoms with van der Waals surface area (Å²) in [6.45, 7) is 5.81. The summed E-state index contributed by atoms with van der Waals surface area (Å²) >= 11 is 0. The Hall–Kier alpha value is -3.97. The summed E-state index contributed by atoms with van der Waals surface area (Å²) in [5.74, 6) is 0.648. The van der Waals surface area contributed by atoms with Crippen LogP contribution >= 0.6 is 0 Å². The number of carbonyl (C=O) groups excluding carboxylic acids is 1. The molecule has 2 bridgehead atoms. The number of benzene rings is 1. The summed E-state index contributed by atoms with van der Waals surface area (Å²) in [6, 6.07) is 7.57. The molecule has 3 aromatic rings. The number of rotatable bonds is 5. The van der Waals surface area contributed by atoms with Crippen molar-refractivity contribution in [2.75, 3.05) is 41.4 Å². The molecule has 2 aromatic heterocycles. The van der Waals surface area contributed by atoms with Crippen LogP contribution < -0.4 is 19.9 Å². The highest BCUT2D eigenvalue weighted by molar-refractivity contribution is 6.04. The lowest BCUT2D eigenvalue weighted by atomic mass is 10.0. The molecule has 1 N–H and O–H groups in total. The highest BCUT2D eigenvalue weighted by atomic mass is 19.4. The van der Waals surface area contributed by atoms with Crippen molar-refractivity contribution in [3.63, 3.8) is 0 Å². The molecule has 0 unspecified atom stereocenters. The maximum Gasteiger partial charge on any atom is 0.416 e. The summed E-state index contributed by atoms with van der Waals surface area (Å²) in [7, 11) is 0. The van der Waals surface area contributed by atoms with Gasteiger partial charge in [0.1, 0.15) is 24.3 Å². The molecule has 0 aliphatic carbocycles. The number of aromatic nitrogens is 3. The van der Waals surface area contributed by atoms with E-state index < -0.39 is 23.6 Å². The second kappa shape index (κ2) is 10.5. The zero-order chi connectivity index (χ0) is 28.8. The first kappa shape index (κ1) is 27.2. The molecule has 0 saturated carbocycles. The maximum atomic E-state index is 13.6. The van der Waals surface area contributed by atoms with Crippen molar-refractivity contribution in [2.45, 2.75) is 50.8 Å². The summed E-state index contributed by atoms with van der Waals surface area (Å²) in [4.78, 5) is 30.5. The predicted molar refractivity (Wildman–Crippen MR) is 144 cm³/mol. The van der Waals surface area contributed by atoms with Gasteiger partial charge in [-0.3, -0.25) is 10.2 Å². The van der Waals surface area contributed by atoms with Gasteiger partial charge in [-0.1, -0.05) is 12.1 Å². The average Bonchev–Trinajstić information content (AvgIpc) is 3.30. The standard InChI is InChI=1S/C28H29F3N6O4/c1-27(2)40-16-21(41-27)15-39-20-8-9-23(32-12-20)34-26(38)37-19-7-4-10-36(14-19)22-13-33-24(35-25(22)37)17-5-3-6-18(11-17)28(29,30)31/h3,5-6,8-9,11-13,19,21H,4,7,10,14-16H2,1-2H3,(H,32,34,38)/t19-,21-/m0/s1. The van der Waals surface area contributed by atoms with Crippen LogP contribution in [0.4, 0.5) is 35.3 Å². The number of piperidine rings is 1. The first-order valence-corrected chi connectivity index (χ1v) is 13.4. The molecule has 41 heavy (non-hydrogen) atoms. The number of alkyl halides is 3. The van der Waals surface area contributed by atoms with E-state index in [0.717, 1.165) is 31.5 Å². The molecule has 216 valence electrons. The number of halogens is 3. The second-order valence-electron chi connectivity index (χ2n) is 10.7. The van der Waals surface area contributed by atoms with Crippen molar-refractivity contribution in [1.29, 1.82) is 0 Å². The minimum Gasteiger partial charge on any atom is -0.489 e. The van der Waals surface area contributed by atoms with Gasteiger partial charge in [0.05, 0.1) is 36.3 Å². The van der Waals surface area contributed by atoms with Crippen molar-refractivity contribution in [1.82, 2.24) is 15.0 Å². The van der Waals surface area contributed by atoms with E-state index in [-0.39, 0.29) is 23.5 Å². The summed E-state index contributed by atoms with van der Waals surface area (Å²) in [5, 5.41) is 2.83. The molecule has 2 amide bonds. The minimum absolute atomic E-state index is 0.105. The molecule has 1 aromatic carbocycles. The van der Waals surface area contributed by atoms with Gasteiger partial charge < -0.3 is 19.1 Å². The van der Waals surface area contributed by atoms with E-state index in [2.05, 4.69) is 25.2 Å². The third-order valence-electron chi connectivity index (χ3n) is 7.22. The van der Waals surface area contributed by atoms with Gasteiger partial charge in [-0.25, -0.2) is 19.7 Å². The second-order valence-corrected chi connectivity index (χ2v) is 10.7. The number of fused-ring (bicyclic) bond motifs is 4. The van der Waals surface area contributed by atoms with E-state index in [1.807, 2.05) is 13.8 Å². The highest BCUT2D eigenvalue weighted by Gasteiger charge is 2.39. The third-order valence-corrected chi connectivity index (χ3v) is 7.22. The topological polar surface area (TPSA) is 102 Å². The van der Waals surface area contributed by atoms with Gasteiger partial charge in [-0.05, 0) is 51.0 Å². The number of hydrogen-bond acceptors (Lipinski definition) is 8. The lowest BCUT2D eigenvalue weighted by Crippen LogP contribution is -2.56. The number of anilines is 3. The number of carbonyl (C=O) groups is 1. The Balaban J connectivity index is 1.21. The molecule has 2 saturated heterocycles. The van der Waals surface area contributed by atoms with Gasteiger partial charge in [-0.2, -0.15) is 13.2 Å². The molecule has 6 rings (SSSR count). The van der Waals surface area contributed by atoms with Gasteiger partial charge in [0.2, 0.25) is 0 Å². The molecule has 2 fully saturated rings. The Kier molecular flexibility index (Phi) is 6.94. The van der Waals surface area contributed by atoms with E-state index >= 15 is 0 Å². The molecule has 5 heterocycles. The van der Waals surface area contributed by atoms with Crippen LogP contribution in [0, 0.1) is 0 Å². The molecular formula is C28H29F3N6O4. The number of hydrogen-bond donors (Lipinski definition) is 1. The molecule has 2 atom stereocenters. The average molecular weight is 571 g/mol. The number of urea groups is 1. The lowest BCUT2D eigenvalue weighted by molar-refractivity contribution is -0.141. The fourth-order valence-electron chi connectivity index (χ4n) is 5.30. The van der Waals surface area contributed by atoms with Gasteiger partial charge in [0, 0.05) is 18.7 Å². The van der Waals surface area contributed by atoms with Gasteiger partial charge in [0.25, 0.3) is 0 Å². The van der Waals surface area contributed by atoms with Crippen molar-refractivity contribution >= 4 is 23.4 Å². The molecule has 3 aliphatic rings. The summed E-state index contributed by atoms with van der Waals surface area (Å²) in [6.07, 6.45) is 0.0292. The van der Waals surface area contributed by atoms with Crippen LogP contribution in [0.3, 0.4) is 0 Å². The lowest BCUT2D eigenvalue weighted by Gasteiger charge is -2.45. The van der Waals surface area contributed by atoms with Crippen LogP contribution in [-0.2, 0) is 15.7 Å². The SMILES string of the molecule is CC1(C)OC[C@H](COc2ccc(NC(=O)N3c4nc(-c5cccc(C(F)(F)F)c5)ncc4N4CCC[C@H]3C4)nc2)O1. The first-order chi connectivity index (χ1) is 19.6. The third kappa shape index (κ3) is 5.77. The van der Waals surface area contributed by atoms with Crippen LogP contribution in [0.5, 0.6) is 5.75 Å². The Morgan fingerprint density at radius 2 is 2.05 bits per heavy atom. The largest absolute Gasteiger partial charge is 0.489 e. The zero-order valence-electron chi connectivity index (χ0n) is 22.5. The molecule has 13 heteroatoms. The minimum atomic E-state index is -4.50. The Morgan fingerprint density at radius 3 is 2.78 bits per heavy atom. The summed E-state index contributed by atoms with van der Waals surface area (Å²) in [5.41, 5.74) is 0.0758. The first-order valence-electron chi connectivity index (χ1n) is 13.4. The van der Waals surface area contributed by atoms with Gasteiger partial charge in [-0.15, -0.1) is 0 Å². The van der Waals surface area contributed by atoms with Crippen LogP contribution in [0.2, 0.25) is 0 Å². The van der Waals surface area contributed by atoms with Crippen molar-refractivity contribution in [2.24, 2.45) is 0 Å². The fourth-order valence-corrected chi connectivity index (χ4v) is 5.30. The Morgan fingerprint density at radius 1 is 1.20 bits per heavy atom. The van der Waals surface area contributed by atoms with Crippen LogP contribution in [-0.4, -0.2) is 65.2 Å². The Bertz CT molecular complexity index is 1440. The molecule has 0 radical (unpaired) electrons. The smallest absolute Gasteiger partial charge is 0.416 e. The van der Waals surface area contributed by atoms with E-state index in [1.54, 1.807) is 23.2 Å². The van der Waals surface area contributed by atoms with E-state index in [0.29, 0.717) is 42.8 Å². The highest BCUT2D eigenvalue weighted by Crippen LogP contribution is 2.39. The molecule has 3 aliphatic heterocycles. The van der Waals surface area contributed by atoms with Crippen molar-refractivity contribution in [3.05, 3.63) is 54.4 Å². The molecule has 10 nitrogen and oxygen atoms in total. The van der Waals surface area contributed by atoms with Gasteiger partial charge >= 0.3 is 12.2 Å². The molecular weight excluding hydrogens is 541 g/mol. The van der Waals surface area contributed by atoms with Crippen LogP contribution in [0.15, 0.2) is 48.8 Å². The number of amides is 2. The fraction of sp³-hybridized carbons (Fsp3) is 0.429. The zero-order valence-corrected chi connectivity index (χ0v) is 22.5. The van der Waals surface area contributed by atoms with Crippen molar-refractivity contribution in [3.8, 4) is 17.1 Å². The van der Waals surface area contributed by atoms with Gasteiger partial charge in [0.15, 0.2) is 17.4 Å². The van der Waals surface area contributed by atoms with E-state index in [4.69, 9.17) is 14.2 Å². The van der Waals surface area contributed by atoms with Crippen LogP contribution in [0.1, 0.15) is 32.3 Å². The summed E-state index contributed by atoms with van der Waals surface area (Å²) < 4.78 is 57.0.